The van der Waals surface area contributed by atoms with Gasteiger partial charge < -0.3 is 10.2 Å². The van der Waals surface area contributed by atoms with Crippen molar-refractivity contribution in [1.29, 1.82) is 0 Å². The standard InChI is InChI=1S/C30H37N3O4S/c1-6-31-30(35)25(5)32(19-18-26-10-8-7-9-11-26)29(34)21-33(27-15-14-23(3)24(4)20-27)38(36,37)28-16-12-22(2)13-17-28/h7-17,20,25H,6,18-19,21H2,1-5H3,(H,31,35)/t25-/m1/s1. The summed E-state index contributed by atoms with van der Waals surface area (Å²) in [5, 5.41) is 2.77. The second kappa shape index (κ2) is 12.7. The molecule has 0 aliphatic carbocycles. The van der Waals surface area contributed by atoms with Crippen molar-refractivity contribution in [2.24, 2.45) is 0 Å². The van der Waals surface area contributed by atoms with E-state index >= 15 is 0 Å². The summed E-state index contributed by atoms with van der Waals surface area (Å²) in [6, 6.07) is 20.8. The molecule has 0 bridgehead atoms. The summed E-state index contributed by atoms with van der Waals surface area (Å²) in [7, 11) is -4.07. The van der Waals surface area contributed by atoms with Crippen LogP contribution in [-0.4, -0.2) is 50.8 Å². The minimum absolute atomic E-state index is 0.0988. The van der Waals surface area contributed by atoms with E-state index < -0.39 is 28.5 Å². The summed E-state index contributed by atoms with van der Waals surface area (Å²) >= 11 is 0. The number of nitrogens with one attached hydrogen (secondary N) is 1. The molecule has 0 spiro atoms. The molecule has 0 aliphatic rings. The van der Waals surface area contributed by atoms with E-state index in [0.29, 0.717) is 18.7 Å². The van der Waals surface area contributed by atoms with Crippen LogP contribution in [0.5, 0.6) is 0 Å². The molecule has 0 saturated carbocycles. The molecule has 1 N–H and O–H groups in total. The molecule has 0 heterocycles. The van der Waals surface area contributed by atoms with Crippen LogP contribution >= 0.6 is 0 Å². The van der Waals surface area contributed by atoms with Gasteiger partial charge in [0.05, 0.1) is 10.6 Å². The Morgan fingerprint density at radius 2 is 1.55 bits per heavy atom. The zero-order valence-electron chi connectivity index (χ0n) is 22.8. The van der Waals surface area contributed by atoms with E-state index in [1.165, 1.54) is 4.90 Å². The maximum atomic E-state index is 13.9. The number of nitrogens with zero attached hydrogens (tertiary/aromatic N) is 2. The van der Waals surface area contributed by atoms with Gasteiger partial charge in [0.2, 0.25) is 11.8 Å². The first kappa shape index (κ1) is 28.9. The van der Waals surface area contributed by atoms with Gasteiger partial charge in [0.1, 0.15) is 12.6 Å². The van der Waals surface area contributed by atoms with Gasteiger partial charge in [0.15, 0.2) is 0 Å². The number of rotatable bonds is 11. The van der Waals surface area contributed by atoms with Crippen LogP contribution in [0.4, 0.5) is 5.69 Å². The largest absolute Gasteiger partial charge is 0.355 e. The molecule has 0 radical (unpaired) electrons. The number of anilines is 1. The maximum Gasteiger partial charge on any atom is 0.264 e. The Labute approximate surface area is 226 Å². The average Bonchev–Trinajstić information content (AvgIpc) is 2.90. The molecule has 38 heavy (non-hydrogen) atoms. The van der Waals surface area contributed by atoms with E-state index in [-0.39, 0.29) is 17.3 Å². The molecule has 7 nitrogen and oxygen atoms in total. The minimum Gasteiger partial charge on any atom is -0.355 e. The normalized spacial score (nSPS) is 12.0. The van der Waals surface area contributed by atoms with E-state index in [4.69, 9.17) is 0 Å². The lowest BCUT2D eigenvalue weighted by atomic mass is 10.1. The number of sulfonamides is 1. The smallest absolute Gasteiger partial charge is 0.264 e. The van der Waals surface area contributed by atoms with Crippen LogP contribution in [0.2, 0.25) is 0 Å². The van der Waals surface area contributed by atoms with Crippen molar-refractivity contribution in [3.63, 3.8) is 0 Å². The fourth-order valence-electron chi connectivity index (χ4n) is 4.14. The number of carbonyl (C=O) groups is 2. The van der Waals surface area contributed by atoms with Gasteiger partial charge >= 0.3 is 0 Å². The summed E-state index contributed by atoms with van der Waals surface area (Å²) in [5.74, 6) is -0.735. The molecular weight excluding hydrogens is 498 g/mol. The number of aryl methyl sites for hydroxylation is 3. The van der Waals surface area contributed by atoms with Crippen molar-refractivity contribution in [1.82, 2.24) is 10.2 Å². The maximum absolute atomic E-state index is 13.9. The first-order chi connectivity index (χ1) is 18.0. The van der Waals surface area contributed by atoms with Gasteiger partial charge in [-0.3, -0.25) is 13.9 Å². The highest BCUT2D eigenvalue weighted by Crippen LogP contribution is 2.26. The van der Waals surface area contributed by atoms with Crippen molar-refractivity contribution < 1.29 is 18.0 Å². The second-order valence-corrected chi connectivity index (χ2v) is 11.3. The Morgan fingerprint density at radius 3 is 2.16 bits per heavy atom. The SMILES string of the molecule is CCNC(=O)[C@@H](C)N(CCc1ccccc1)C(=O)CN(c1ccc(C)c(C)c1)S(=O)(=O)c1ccc(C)cc1. The summed E-state index contributed by atoms with van der Waals surface area (Å²) in [4.78, 5) is 28.1. The monoisotopic (exact) mass is 535 g/mol. The molecule has 3 aromatic carbocycles. The Hall–Kier alpha value is -3.65. The van der Waals surface area contributed by atoms with Gasteiger partial charge in [-0.05, 0) is 82.0 Å². The van der Waals surface area contributed by atoms with Gasteiger partial charge in [-0.1, -0.05) is 54.1 Å². The number of hydrogen-bond donors (Lipinski definition) is 1. The van der Waals surface area contributed by atoms with Crippen molar-refractivity contribution >= 4 is 27.5 Å². The molecule has 0 aromatic heterocycles. The predicted molar refractivity (Wildman–Crippen MR) is 152 cm³/mol. The lowest BCUT2D eigenvalue weighted by molar-refractivity contribution is -0.138. The van der Waals surface area contributed by atoms with Gasteiger partial charge in [-0.15, -0.1) is 0 Å². The van der Waals surface area contributed by atoms with E-state index in [1.807, 2.05) is 64.1 Å². The van der Waals surface area contributed by atoms with Crippen molar-refractivity contribution in [3.05, 3.63) is 95.1 Å². The zero-order chi connectivity index (χ0) is 27.9. The molecule has 3 rings (SSSR count). The lowest BCUT2D eigenvalue weighted by Gasteiger charge is -2.32. The van der Waals surface area contributed by atoms with Crippen LogP contribution in [0.1, 0.15) is 36.1 Å². The first-order valence-corrected chi connectivity index (χ1v) is 14.3. The summed E-state index contributed by atoms with van der Waals surface area (Å²) < 4.78 is 28.9. The summed E-state index contributed by atoms with van der Waals surface area (Å²) in [6.45, 7) is 9.49. The highest BCUT2D eigenvalue weighted by atomic mass is 32.2. The van der Waals surface area contributed by atoms with Crippen molar-refractivity contribution in [3.8, 4) is 0 Å². The second-order valence-electron chi connectivity index (χ2n) is 9.49. The number of benzene rings is 3. The molecule has 202 valence electrons. The van der Waals surface area contributed by atoms with Gasteiger partial charge in [0.25, 0.3) is 10.0 Å². The molecule has 3 aromatic rings. The predicted octanol–water partition coefficient (Wildman–Crippen LogP) is 4.40. The molecule has 0 aliphatic heterocycles. The van der Waals surface area contributed by atoms with Gasteiger partial charge in [-0.2, -0.15) is 0 Å². The van der Waals surface area contributed by atoms with E-state index in [1.54, 1.807) is 43.3 Å². The van der Waals surface area contributed by atoms with Crippen LogP contribution in [0.25, 0.3) is 0 Å². The van der Waals surface area contributed by atoms with Crippen molar-refractivity contribution in [2.75, 3.05) is 23.9 Å². The van der Waals surface area contributed by atoms with Crippen LogP contribution in [-0.2, 0) is 26.0 Å². The zero-order valence-corrected chi connectivity index (χ0v) is 23.6. The van der Waals surface area contributed by atoms with Crippen LogP contribution < -0.4 is 9.62 Å². The van der Waals surface area contributed by atoms with E-state index in [0.717, 1.165) is 26.6 Å². The topological polar surface area (TPSA) is 86.8 Å². The highest BCUT2D eigenvalue weighted by molar-refractivity contribution is 7.92. The van der Waals surface area contributed by atoms with Crippen LogP contribution in [0.3, 0.4) is 0 Å². The lowest BCUT2D eigenvalue weighted by Crippen LogP contribution is -2.52. The number of likely N-dealkylation sites (N-methyl/N-ethyl adjacent to an activating group) is 1. The quantitative estimate of drug-likeness (QED) is 0.394. The third-order valence-electron chi connectivity index (χ3n) is 6.67. The molecule has 8 heteroatoms. The summed E-state index contributed by atoms with van der Waals surface area (Å²) in [6.07, 6.45) is 0.532. The molecule has 1 atom stereocenters. The molecule has 0 unspecified atom stereocenters. The Kier molecular flexibility index (Phi) is 9.69. The number of hydrogen-bond acceptors (Lipinski definition) is 4. The fourth-order valence-corrected chi connectivity index (χ4v) is 5.54. The average molecular weight is 536 g/mol. The first-order valence-electron chi connectivity index (χ1n) is 12.8. The summed E-state index contributed by atoms with van der Waals surface area (Å²) in [5.41, 5.74) is 4.28. The minimum atomic E-state index is -4.07. The third kappa shape index (κ3) is 7.01. The fraction of sp³-hybridized carbons (Fsp3) is 0.333. The molecular formula is C30H37N3O4S. The molecule has 0 fully saturated rings. The van der Waals surface area contributed by atoms with Crippen LogP contribution in [0.15, 0.2) is 77.7 Å². The van der Waals surface area contributed by atoms with E-state index in [2.05, 4.69) is 5.32 Å². The third-order valence-corrected chi connectivity index (χ3v) is 8.46. The number of carbonyl (C=O) groups excluding carboxylic acids is 2. The van der Waals surface area contributed by atoms with Crippen LogP contribution in [0, 0.1) is 20.8 Å². The van der Waals surface area contributed by atoms with Gasteiger partial charge in [-0.25, -0.2) is 8.42 Å². The highest BCUT2D eigenvalue weighted by Gasteiger charge is 2.32. The Balaban J connectivity index is 2.00. The van der Waals surface area contributed by atoms with Gasteiger partial charge in [0, 0.05) is 13.1 Å². The molecule has 0 saturated heterocycles. The Morgan fingerprint density at radius 1 is 0.895 bits per heavy atom. The number of amides is 2. The van der Waals surface area contributed by atoms with Crippen molar-refractivity contribution in [2.45, 2.75) is 52.0 Å². The Bertz CT molecular complexity index is 1360. The molecule has 2 amide bonds. The van der Waals surface area contributed by atoms with E-state index in [9.17, 15) is 18.0 Å².